The number of aromatic nitrogens is 3. The van der Waals surface area contributed by atoms with Gasteiger partial charge in [-0.3, -0.25) is 9.38 Å². The van der Waals surface area contributed by atoms with E-state index in [1.54, 1.807) is 24.9 Å². The Morgan fingerprint density at radius 3 is 3.14 bits per heavy atom. The molecule has 3 rings (SSSR count). The van der Waals surface area contributed by atoms with E-state index in [9.17, 15) is 0 Å². The summed E-state index contributed by atoms with van der Waals surface area (Å²) in [5.41, 5.74) is 0.957. The van der Waals surface area contributed by atoms with Crippen molar-refractivity contribution in [2.45, 2.75) is 0 Å². The fourth-order valence-electron chi connectivity index (χ4n) is 1.44. The standard InChI is InChI=1S/C10H7N3O/c1-2-9(14-5-1)10-12-7-8-6-11-3-4-13(8)10/h1-7H. The van der Waals surface area contributed by atoms with Gasteiger partial charge in [0.15, 0.2) is 11.6 Å². The maximum atomic E-state index is 5.28. The summed E-state index contributed by atoms with van der Waals surface area (Å²) in [6.45, 7) is 0. The van der Waals surface area contributed by atoms with Crippen LogP contribution in [0.3, 0.4) is 0 Å². The summed E-state index contributed by atoms with van der Waals surface area (Å²) in [5, 5.41) is 0. The topological polar surface area (TPSA) is 43.3 Å². The summed E-state index contributed by atoms with van der Waals surface area (Å²) in [5.74, 6) is 1.56. The largest absolute Gasteiger partial charge is 0.461 e. The highest BCUT2D eigenvalue weighted by atomic mass is 16.3. The Balaban J connectivity index is 2.33. The molecule has 68 valence electrons. The molecule has 3 heterocycles. The number of nitrogens with zero attached hydrogens (tertiary/aromatic N) is 3. The molecule has 4 heteroatoms. The van der Waals surface area contributed by atoms with E-state index in [4.69, 9.17) is 4.42 Å². The lowest BCUT2D eigenvalue weighted by atomic mass is 10.4. The first kappa shape index (κ1) is 7.32. The van der Waals surface area contributed by atoms with Crippen molar-refractivity contribution in [2.75, 3.05) is 0 Å². The number of rotatable bonds is 1. The van der Waals surface area contributed by atoms with Crippen LogP contribution in [0.5, 0.6) is 0 Å². The Bertz CT molecular complexity index is 554. The molecule has 0 bridgehead atoms. The van der Waals surface area contributed by atoms with Crippen molar-refractivity contribution in [3.05, 3.63) is 43.2 Å². The van der Waals surface area contributed by atoms with Crippen molar-refractivity contribution < 1.29 is 4.42 Å². The van der Waals surface area contributed by atoms with Gasteiger partial charge in [-0.05, 0) is 12.1 Å². The maximum absolute atomic E-state index is 5.28. The van der Waals surface area contributed by atoms with Crippen LogP contribution < -0.4 is 0 Å². The molecule has 0 saturated carbocycles. The highest BCUT2D eigenvalue weighted by Crippen LogP contribution is 2.18. The van der Waals surface area contributed by atoms with E-state index in [0.717, 1.165) is 17.1 Å². The third kappa shape index (κ3) is 0.939. The van der Waals surface area contributed by atoms with Crippen molar-refractivity contribution in [3.63, 3.8) is 0 Å². The van der Waals surface area contributed by atoms with Gasteiger partial charge < -0.3 is 4.42 Å². The predicted molar refractivity (Wildman–Crippen MR) is 50.7 cm³/mol. The molecule has 0 aliphatic heterocycles. The molecule has 0 atom stereocenters. The second-order valence-electron chi connectivity index (χ2n) is 2.93. The van der Waals surface area contributed by atoms with E-state index in [1.165, 1.54) is 0 Å². The van der Waals surface area contributed by atoms with Crippen LogP contribution >= 0.6 is 0 Å². The molecule has 0 saturated heterocycles. The fraction of sp³-hybridized carbons (Fsp3) is 0. The molecule has 0 radical (unpaired) electrons. The molecule has 0 fully saturated rings. The zero-order valence-electron chi connectivity index (χ0n) is 7.29. The molecule has 0 aliphatic rings. The summed E-state index contributed by atoms with van der Waals surface area (Å²) >= 11 is 0. The Labute approximate surface area is 79.8 Å². The van der Waals surface area contributed by atoms with Gasteiger partial charge in [-0.2, -0.15) is 0 Å². The first-order valence-electron chi connectivity index (χ1n) is 4.26. The predicted octanol–water partition coefficient (Wildman–Crippen LogP) is 1.99. The monoisotopic (exact) mass is 185 g/mol. The molecule has 0 N–H and O–H groups in total. The van der Waals surface area contributed by atoms with Crippen molar-refractivity contribution in [1.29, 1.82) is 0 Å². The van der Waals surface area contributed by atoms with Crippen LogP contribution in [0.4, 0.5) is 0 Å². The first-order valence-corrected chi connectivity index (χ1v) is 4.26. The van der Waals surface area contributed by atoms with Crippen molar-refractivity contribution in [2.24, 2.45) is 0 Å². The molecule has 0 spiro atoms. The van der Waals surface area contributed by atoms with Crippen LogP contribution in [0, 0.1) is 0 Å². The summed E-state index contributed by atoms with van der Waals surface area (Å²) < 4.78 is 7.22. The number of fused-ring (bicyclic) bond motifs is 1. The third-order valence-electron chi connectivity index (χ3n) is 2.08. The van der Waals surface area contributed by atoms with Gasteiger partial charge in [-0.15, -0.1) is 0 Å². The van der Waals surface area contributed by atoms with E-state index >= 15 is 0 Å². The van der Waals surface area contributed by atoms with Crippen LogP contribution in [0.25, 0.3) is 17.1 Å². The Morgan fingerprint density at radius 2 is 2.29 bits per heavy atom. The molecule has 0 aliphatic carbocycles. The lowest BCUT2D eigenvalue weighted by molar-refractivity contribution is 0.577. The minimum absolute atomic E-state index is 0.760. The lowest BCUT2D eigenvalue weighted by Gasteiger charge is -1.95. The van der Waals surface area contributed by atoms with E-state index in [-0.39, 0.29) is 0 Å². The van der Waals surface area contributed by atoms with Crippen LogP contribution in [-0.4, -0.2) is 14.4 Å². The quantitative estimate of drug-likeness (QED) is 0.582. The molecule has 3 aromatic rings. The number of furan rings is 1. The van der Waals surface area contributed by atoms with Crippen LogP contribution in [0.2, 0.25) is 0 Å². The number of hydrogen-bond donors (Lipinski definition) is 0. The fourth-order valence-corrected chi connectivity index (χ4v) is 1.44. The summed E-state index contributed by atoms with van der Waals surface area (Å²) in [6.07, 6.45) is 8.75. The third-order valence-corrected chi connectivity index (χ3v) is 2.08. The zero-order chi connectivity index (χ0) is 9.38. The number of hydrogen-bond acceptors (Lipinski definition) is 3. The number of imidazole rings is 1. The normalized spacial score (nSPS) is 10.9. The molecule has 4 nitrogen and oxygen atoms in total. The van der Waals surface area contributed by atoms with Crippen molar-refractivity contribution in [3.8, 4) is 11.6 Å². The lowest BCUT2D eigenvalue weighted by Crippen LogP contribution is -1.87. The average Bonchev–Trinajstić information content (AvgIpc) is 2.85. The van der Waals surface area contributed by atoms with E-state index < -0.39 is 0 Å². The van der Waals surface area contributed by atoms with Gasteiger partial charge in [0, 0.05) is 12.4 Å². The van der Waals surface area contributed by atoms with Crippen LogP contribution in [0.1, 0.15) is 0 Å². The molecule has 0 amide bonds. The highest BCUT2D eigenvalue weighted by Gasteiger charge is 2.07. The van der Waals surface area contributed by atoms with Crippen molar-refractivity contribution >= 4 is 5.52 Å². The van der Waals surface area contributed by atoms with Gasteiger partial charge in [-0.1, -0.05) is 0 Å². The van der Waals surface area contributed by atoms with E-state index in [0.29, 0.717) is 0 Å². The summed E-state index contributed by atoms with van der Waals surface area (Å²) in [4.78, 5) is 8.28. The van der Waals surface area contributed by atoms with Crippen LogP contribution in [-0.2, 0) is 0 Å². The SMILES string of the molecule is c1coc(-c2ncc3cnccn23)c1. The van der Waals surface area contributed by atoms with Gasteiger partial charge in [-0.25, -0.2) is 4.98 Å². The highest BCUT2D eigenvalue weighted by molar-refractivity contribution is 5.56. The first-order chi connectivity index (χ1) is 6.95. The molecule has 0 unspecified atom stereocenters. The van der Waals surface area contributed by atoms with E-state index in [1.807, 2.05) is 22.7 Å². The Kier molecular flexibility index (Phi) is 1.41. The molecule has 0 aromatic carbocycles. The van der Waals surface area contributed by atoms with Gasteiger partial charge in [0.2, 0.25) is 0 Å². The average molecular weight is 185 g/mol. The van der Waals surface area contributed by atoms with E-state index in [2.05, 4.69) is 9.97 Å². The Morgan fingerprint density at radius 1 is 1.29 bits per heavy atom. The molecular weight excluding hydrogens is 178 g/mol. The second kappa shape index (κ2) is 2.70. The molecule has 14 heavy (non-hydrogen) atoms. The van der Waals surface area contributed by atoms with Gasteiger partial charge >= 0.3 is 0 Å². The maximum Gasteiger partial charge on any atom is 0.180 e. The Hall–Kier alpha value is -2.10. The van der Waals surface area contributed by atoms with Gasteiger partial charge in [0.1, 0.15) is 0 Å². The van der Waals surface area contributed by atoms with Gasteiger partial charge in [0.05, 0.1) is 24.2 Å². The second-order valence-corrected chi connectivity index (χ2v) is 2.93. The zero-order valence-corrected chi connectivity index (χ0v) is 7.29. The van der Waals surface area contributed by atoms with Crippen molar-refractivity contribution in [1.82, 2.24) is 14.4 Å². The summed E-state index contributed by atoms with van der Waals surface area (Å²) in [7, 11) is 0. The molecule has 3 aromatic heterocycles. The minimum atomic E-state index is 0.760. The van der Waals surface area contributed by atoms with Gasteiger partial charge in [0.25, 0.3) is 0 Å². The molecular formula is C10H7N3O. The minimum Gasteiger partial charge on any atom is -0.461 e. The summed E-state index contributed by atoms with van der Waals surface area (Å²) in [6, 6.07) is 3.73. The van der Waals surface area contributed by atoms with Crippen LogP contribution in [0.15, 0.2) is 47.6 Å². The smallest absolute Gasteiger partial charge is 0.180 e.